The number of halogens is 2. The number of hydrogen-bond donors (Lipinski definition) is 0. The first kappa shape index (κ1) is 8.37. The highest BCUT2D eigenvalue weighted by Crippen LogP contribution is 2.20. The second-order valence-corrected chi connectivity index (χ2v) is 2.76. The first-order chi connectivity index (χ1) is 5.11. The number of carbonyl (C=O) groups is 1. The van der Waals surface area contributed by atoms with E-state index < -0.39 is 5.97 Å². The van der Waals surface area contributed by atoms with Crippen molar-refractivity contribution in [1.82, 2.24) is 0 Å². The van der Waals surface area contributed by atoms with Crippen LogP contribution in [0.25, 0.3) is 0 Å². The molecule has 4 heteroatoms. The van der Waals surface area contributed by atoms with E-state index in [9.17, 15) is 9.90 Å². The van der Waals surface area contributed by atoms with Crippen molar-refractivity contribution >= 4 is 29.2 Å². The molecule has 0 aliphatic rings. The van der Waals surface area contributed by atoms with E-state index in [1.54, 1.807) is 0 Å². The summed E-state index contributed by atoms with van der Waals surface area (Å²) in [6.07, 6.45) is 0. The van der Waals surface area contributed by atoms with E-state index in [1.165, 1.54) is 18.2 Å². The molecule has 0 aliphatic heterocycles. The highest BCUT2D eigenvalue weighted by molar-refractivity contribution is 6.35. The zero-order chi connectivity index (χ0) is 8.43. The van der Waals surface area contributed by atoms with E-state index in [0.29, 0.717) is 5.02 Å². The minimum atomic E-state index is -1.32. The molecular formula is C7H3Cl2O2. The van der Waals surface area contributed by atoms with E-state index >= 15 is 0 Å². The lowest BCUT2D eigenvalue weighted by atomic mass is 10.2. The van der Waals surface area contributed by atoms with E-state index in [-0.39, 0.29) is 10.6 Å². The molecule has 1 aromatic carbocycles. The molecule has 0 saturated heterocycles. The Morgan fingerprint density at radius 2 is 1.91 bits per heavy atom. The summed E-state index contributed by atoms with van der Waals surface area (Å²) >= 11 is 11.0. The average molecular weight is 190 g/mol. The predicted octanol–water partition coefficient (Wildman–Crippen LogP) is 2.56. The summed E-state index contributed by atoms with van der Waals surface area (Å²) in [6, 6.07) is 4.17. The highest BCUT2D eigenvalue weighted by atomic mass is 35.5. The molecule has 0 fully saturated rings. The Kier molecular flexibility index (Phi) is 2.37. The maximum Gasteiger partial charge on any atom is 0.387 e. The number of benzene rings is 1. The van der Waals surface area contributed by atoms with Gasteiger partial charge < -0.3 is 0 Å². The third-order valence-corrected chi connectivity index (χ3v) is 1.71. The molecule has 0 heterocycles. The van der Waals surface area contributed by atoms with Crippen LogP contribution in [0.3, 0.4) is 0 Å². The van der Waals surface area contributed by atoms with Gasteiger partial charge in [-0.2, -0.15) is 0 Å². The van der Waals surface area contributed by atoms with Crippen LogP contribution < -0.4 is 0 Å². The normalized spacial score (nSPS) is 9.64. The quantitative estimate of drug-likeness (QED) is 0.670. The minimum Gasteiger partial charge on any atom is -0.241 e. The molecule has 2 nitrogen and oxygen atoms in total. The van der Waals surface area contributed by atoms with Gasteiger partial charge in [0, 0.05) is 5.02 Å². The Morgan fingerprint density at radius 1 is 1.27 bits per heavy atom. The maximum absolute atomic E-state index is 10.3. The van der Waals surface area contributed by atoms with Crippen molar-refractivity contribution in [3.8, 4) is 0 Å². The molecule has 0 saturated carbocycles. The molecule has 1 rings (SSSR count). The van der Waals surface area contributed by atoms with Crippen molar-refractivity contribution in [3.05, 3.63) is 33.8 Å². The van der Waals surface area contributed by atoms with Crippen LogP contribution >= 0.6 is 23.2 Å². The fourth-order valence-electron chi connectivity index (χ4n) is 0.654. The molecule has 0 aliphatic carbocycles. The van der Waals surface area contributed by atoms with Gasteiger partial charge in [-0.25, -0.2) is 9.90 Å². The SMILES string of the molecule is [O]C(=O)c1cc(Cl)ccc1Cl. The molecule has 0 aromatic heterocycles. The molecule has 0 spiro atoms. The van der Waals surface area contributed by atoms with Crippen molar-refractivity contribution in [1.29, 1.82) is 0 Å². The molecule has 0 atom stereocenters. The fourth-order valence-corrected chi connectivity index (χ4v) is 1.02. The smallest absolute Gasteiger partial charge is 0.241 e. The Bertz CT molecular complexity index is 296. The standard InChI is InChI=1S/C7H3Cl2O2/c8-4-1-2-6(9)5(3-4)7(10)11/h1-3H. The first-order valence-electron chi connectivity index (χ1n) is 2.77. The molecule has 1 radical (unpaired) electrons. The number of carbonyl (C=O) groups excluding carboxylic acids is 1. The van der Waals surface area contributed by atoms with Gasteiger partial charge in [-0.3, -0.25) is 0 Å². The molecule has 0 bridgehead atoms. The van der Waals surface area contributed by atoms with Gasteiger partial charge in [0.05, 0.1) is 10.6 Å². The second-order valence-electron chi connectivity index (χ2n) is 1.91. The van der Waals surface area contributed by atoms with Crippen LogP contribution in [0, 0.1) is 0 Å². The van der Waals surface area contributed by atoms with Crippen LogP contribution in [0.4, 0.5) is 0 Å². The summed E-state index contributed by atoms with van der Waals surface area (Å²) in [4.78, 5) is 10.3. The van der Waals surface area contributed by atoms with E-state index in [0.717, 1.165) is 0 Å². The van der Waals surface area contributed by atoms with Crippen LogP contribution in [0.5, 0.6) is 0 Å². The van der Waals surface area contributed by atoms with Crippen LogP contribution in [0.2, 0.25) is 10.0 Å². The van der Waals surface area contributed by atoms with Crippen LogP contribution in [0.1, 0.15) is 10.4 Å². The highest BCUT2D eigenvalue weighted by Gasteiger charge is 2.09. The summed E-state index contributed by atoms with van der Waals surface area (Å²) in [5, 5.41) is 10.8. The van der Waals surface area contributed by atoms with Gasteiger partial charge in [-0.05, 0) is 18.2 Å². The van der Waals surface area contributed by atoms with Gasteiger partial charge in [-0.1, -0.05) is 23.2 Å². The second kappa shape index (κ2) is 3.11. The third-order valence-electron chi connectivity index (χ3n) is 1.15. The van der Waals surface area contributed by atoms with Gasteiger partial charge in [0.1, 0.15) is 0 Å². The first-order valence-corrected chi connectivity index (χ1v) is 3.53. The van der Waals surface area contributed by atoms with Gasteiger partial charge in [-0.15, -0.1) is 0 Å². The van der Waals surface area contributed by atoms with Crippen molar-refractivity contribution in [2.45, 2.75) is 0 Å². The van der Waals surface area contributed by atoms with Crippen molar-refractivity contribution in [3.63, 3.8) is 0 Å². The van der Waals surface area contributed by atoms with Crippen molar-refractivity contribution in [2.75, 3.05) is 0 Å². The lowest BCUT2D eigenvalue weighted by Crippen LogP contribution is -1.94. The van der Waals surface area contributed by atoms with Crippen molar-refractivity contribution < 1.29 is 9.90 Å². The summed E-state index contributed by atoms with van der Waals surface area (Å²) < 4.78 is 0. The zero-order valence-corrected chi connectivity index (χ0v) is 6.82. The fraction of sp³-hybridized carbons (Fsp3) is 0. The Morgan fingerprint density at radius 3 is 2.36 bits per heavy atom. The average Bonchev–Trinajstić information content (AvgIpc) is 1.94. The lowest BCUT2D eigenvalue weighted by Gasteiger charge is -1.95. The van der Waals surface area contributed by atoms with Crippen LogP contribution in [-0.2, 0) is 5.11 Å². The maximum atomic E-state index is 10.3. The Labute approximate surface area is 73.4 Å². The van der Waals surface area contributed by atoms with Crippen LogP contribution in [-0.4, -0.2) is 5.97 Å². The zero-order valence-electron chi connectivity index (χ0n) is 5.30. The summed E-state index contributed by atoms with van der Waals surface area (Å²) in [6.45, 7) is 0. The summed E-state index contributed by atoms with van der Waals surface area (Å²) in [5.41, 5.74) is -0.0841. The monoisotopic (exact) mass is 189 g/mol. The minimum absolute atomic E-state index is 0.0841. The number of hydrogen-bond acceptors (Lipinski definition) is 1. The summed E-state index contributed by atoms with van der Waals surface area (Å²) in [7, 11) is 0. The van der Waals surface area contributed by atoms with Gasteiger partial charge in [0.2, 0.25) is 0 Å². The Hall–Kier alpha value is -0.730. The van der Waals surface area contributed by atoms with Gasteiger partial charge >= 0.3 is 5.97 Å². The van der Waals surface area contributed by atoms with Crippen LogP contribution in [0.15, 0.2) is 18.2 Å². The molecule has 0 amide bonds. The summed E-state index contributed by atoms with van der Waals surface area (Å²) in [5.74, 6) is -1.32. The number of rotatable bonds is 1. The van der Waals surface area contributed by atoms with Gasteiger partial charge in [0.25, 0.3) is 0 Å². The molecule has 1 aromatic rings. The molecule has 0 unspecified atom stereocenters. The molecule has 11 heavy (non-hydrogen) atoms. The lowest BCUT2D eigenvalue weighted by molar-refractivity contribution is 0.0573. The van der Waals surface area contributed by atoms with Gasteiger partial charge in [0.15, 0.2) is 0 Å². The molecule has 57 valence electrons. The topological polar surface area (TPSA) is 37.0 Å². The van der Waals surface area contributed by atoms with E-state index in [4.69, 9.17) is 23.2 Å². The predicted molar refractivity (Wildman–Crippen MR) is 41.5 cm³/mol. The Balaban J connectivity index is 3.23. The third kappa shape index (κ3) is 1.85. The van der Waals surface area contributed by atoms with E-state index in [2.05, 4.69) is 0 Å². The van der Waals surface area contributed by atoms with Crippen molar-refractivity contribution in [2.24, 2.45) is 0 Å². The molecule has 0 N–H and O–H groups in total. The largest absolute Gasteiger partial charge is 0.387 e. The molecular weight excluding hydrogens is 187 g/mol. The van der Waals surface area contributed by atoms with E-state index in [1.807, 2.05) is 0 Å².